The van der Waals surface area contributed by atoms with Gasteiger partial charge in [-0.2, -0.15) is 8.78 Å². The van der Waals surface area contributed by atoms with Gasteiger partial charge in [0.2, 0.25) is 5.91 Å². The fourth-order valence-corrected chi connectivity index (χ4v) is 2.80. The molecule has 1 heterocycles. The number of amides is 3. The van der Waals surface area contributed by atoms with Crippen LogP contribution in [0.25, 0.3) is 6.08 Å². The lowest BCUT2D eigenvalue weighted by molar-refractivity contribution is -0.123. The quantitative estimate of drug-likeness (QED) is 0.793. The molecule has 0 aromatic heterocycles. The average molecular weight is 356 g/mol. The lowest BCUT2D eigenvalue weighted by Gasteiger charge is -2.12. The number of halogens is 2. The van der Waals surface area contributed by atoms with E-state index in [0.717, 1.165) is 16.7 Å². The van der Waals surface area contributed by atoms with Gasteiger partial charge in [-0.3, -0.25) is 19.3 Å². The van der Waals surface area contributed by atoms with Crippen LogP contribution in [-0.2, 0) is 9.59 Å². The van der Waals surface area contributed by atoms with Crippen molar-refractivity contribution in [1.82, 2.24) is 10.2 Å². The van der Waals surface area contributed by atoms with Gasteiger partial charge in [-0.25, -0.2) is 0 Å². The molecular formula is C15H14F2N2O4S. The minimum absolute atomic E-state index is 0.00515. The van der Waals surface area contributed by atoms with E-state index >= 15 is 0 Å². The van der Waals surface area contributed by atoms with Gasteiger partial charge >= 0.3 is 6.61 Å². The van der Waals surface area contributed by atoms with E-state index in [1.54, 1.807) is 0 Å². The summed E-state index contributed by atoms with van der Waals surface area (Å²) in [5.74, 6) is -0.697. The summed E-state index contributed by atoms with van der Waals surface area (Å²) in [6.45, 7) is -1.30. The van der Waals surface area contributed by atoms with E-state index in [4.69, 9.17) is 0 Å². The van der Waals surface area contributed by atoms with Crippen LogP contribution in [0.5, 0.6) is 5.75 Å². The Balaban J connectivity index is 2.03. The molecule has 0 aliphatic carbocycles. The molecule has 1 aliphatic heterocycles. The molecular weight excluding hydrogens is 342 g/mol. The van der Waals surface area contributed by atoms with Crippen LogP contribution in [0.2, 0.25) is 0 Å². The second-order valence-corrected chi connectivity index (χ2v) is 5.76. The molecule has 1 N–H and O–H groups in total. The molecule has 2 rings (SSSR count). The lowest BCUT2D eigenvalue weighted by atomic mass is 10.2. The van der Waals surface area contributed by atoms with Crippen molar-refractivity contribution >= 4 is 34.9 Å². The number of thioether (sulfide) groups is 1. The molecule has 3 amide bonds. The third kappa shape index (κ3) is 4.79. The number of nitrogens with one attached hydrogen (secondary N) is 1. The molecule has 1 saturated heterocycles. The van der Waals surface area contributed by atoms with Gasteiger partial charge in [-0.15, -0.1) is 0 Å². The molecule has 1 aromatic carbocycles. The largest absolute Gasteiger partial charge is 0.435 e. The molecule has 1 aromatic rings. The van der Waals surface area contributed by atoms with Crippen LogP contribution in [0.3, 0.4) is 0 Å². The zero-order valence-corrected chi connectivity index (χ0v) is 13.4. The van der Waals surface area contributed by atoms with Crippen LogP contribution in [0.1, 0.15) is 12.5 Å². The molecule has 1 aliphatic rings. The minimum atomic E-state index is -2.91. The van der Waals surface area contributed by atoms with E-state index in [1.807, 2.05) is 0 Å². The molecule has 1 fully saturated rings. The molecule has 0 saturated carbocycles. The predicted molar refractivity (Wildman–Crippen MR) is 84.4 cm³/mol. The van der Waals surface area contributed by atoms with Crippen LogP contribution in [0, 0.1) is 0 Å². The van der Waals surface area contributed by atoms with E-state index in [2.05, 4.69) is 10.1 Å². The Kier molecular flexibility index (Phi) is 5.91. The van der Waals surface area contributed by atoms with Crippen molar-refractivity contribution in [3.63, 3.8) is 0 Å². The van der Waals surface area contributed by atoms with E-state index < -0.39 is 17.8 Å². The topological polar surface area (TPSA) is 75.7 Å². The van der Waals surface area contributed by atoms with E-state index in [0.29, 0.717) is 5.56 Å². The first-order chi connectivity index (χ1) is 11.4. The number of benzene rings is 1. The standard InChI is InChI=1S/C15H14F2N2O4S/c1-9(20)18-6-7-19-13(21)12(24-15(19)22)8-10-2-4-11(5-3-10)23-14(16)17/h2-5,8,14H,6-7H2,1H3,(H,18,20). The van der Waals surface area contributed by atoms with Crippen molar-refractivity contribution in [3.05, 3.63) is 34.7 Å². The van der Waals surface area contributed by atoms with E-state index in [-0.39, 0.29) is 29.7 Å². The van der Waals surface area contributed by atoms with Gasteiger partial charge in [-0.05, 0) is 35.5 Å². The van der Waals surface area contributed by atoms with Gasteiger partial charge in [0.25, 0.3) is 11.1 Å². The van der Waals surface area contributed by atoms with Gasteiger partial charge in [0, 0.05) is 20.0 Å². The van der Waals surface area contributed by atoms with Crippen LogP contribution in [-0.4, -0.2) is 41.7 Å². The van der Waals surface area contributed by atoms with Crippen molar-refractivity contribution in [1.29, 1.82) is 0 Å². The summed E-state index contributed by atoms with van der Waals surface area (Å²) in [4.78, 5) is 36.1. The highest BCUT2D eigenvalue weighted by molar-refractivity contribution is 8.18. The number of hydrogen-bond acceptors (Lipinski definition) is 5. The zero-order valence-electron chi connectivity index (χ0n) is 12.6. The van der Waals surface area contributed by atoms with Crippen molar-refractivity contribution in [3.8, 4) is 5.75 Å². The monoisotopic (exact) mass is 356 g/mol. The number of carbonyl (C=O) groups excluding carboxylic acids is 3. The van der Waals surface area contributed by atoms with Gasteiger partial charge < -0.3 is 10.1 Å². The Morgan fingerprint density at radius 3 is 2.58 bits per heavy atom. The van der Waals surface area contributed by atoms with E-state index in [9.17, 15) is 23.2 Å². The summed E-state index contributed by atoms with van der Waals surface area (Å²) < 4.78 is 28.4. The van der Waals surface area contributed by atoms with Gasteiger partial charge in [0.1, 0.15) is 5.75 Å². The fraction of sp³-hybridized carbons (Fsp3) is 0.267. The molecule has 0 bridgehead atoms. The predicted octanol–water partition coefficient (Wildman–Crippen LogP) is 2.46. The first-order valence-electron chi connectivity index (χ1n) is 6.91. The number of rotatable bonds is 6. The third-order valence-corrected chi connectivity index (χ3v) is 3.89. The summed E-state index contributed by atoms with van der Waals surface area (Å²) in [6.07, 6.45) is 1.50. The summed E-state index contributed by atoms with van der Waals surface area (Å²) in [7, 11) is 0. The Hall–Kier alpha value is -2.42. The summed E-state index contributed by atoms with van der Waals surface area (Å²) in [6, 6.07) is 5.70. The SMILES string of the molecule is CC(=O)NCCN1C(=O)SC(=Cc2ccc(OC(F)F)cc2)C1=O. The first-order valence-corrected chi connectivity index (χ1v) is 7.73. The summed E-state index contributed by atoms with van der Waals surface area (Å²) in [5, 5.41) is 2.09. The maximum absolute atomic E-state index is 12.2. The van der Waals surface area contributed by atoms with Crippen molar-refractivity contribution in [2.75, 3.05) is 13.1 Å². The molecule has 128 valence electrons. The Bertz CT molecular complexity index is 677. The molecule has 24 heavy (non-hydrogen) atoms. The number of carbonyl (C=O) groups is 3. The molecule has 0 unspecified atom stereocenters. The minimum Gasteiger partial charge on any atom is -0.435 e. The first kappa shape index (κ1) is 17.9. The van der Waals surface area contributed by atoms with Gasteiger partial charge in [-0.1, -0.05) is 12.1 Å². The van der Waals surface area contributed by atoms with Crippen LogP contribution in [0.4, 0.5) is 13.6 Å². The van der Waals surface area contributed by atoms with E-state index in [1.165, 1.54) is 37.3 Å². The maximum Gasteiger partial charge on any atom is 0.387 e. The van der Waals surface area contributed by atoms with Gasteiger partial charge in [0.15, 0.2) is 0 Å². The normalized spacial score (nSPS) is 16.2. The van der Waals surface area contributed by atoms with Crippen molar-refractivity contribution < 1.29 is 27.9 Å². The number of imide groups is 1. The number of nitrogens with zero attached hydrogens (tertiary/aromatic N) is 1. The molecule has 0 radical (unpaired) electrons. The van der Waals surface area contributed by atoms with Crippen molar-refractivity contribution in [2.45, 2.75) is 13.5 Å². The second-order valence-electron chi connectivity index (χ2n) is 4.76. The highest BCUT2D eigenvalue weighted by Gasteiger charge is 2.34. The second kappa shape index (κ2) is 7.91. The third-order valence-electron chi connectivity index (χ3n) is 2.99. The molecule has 9 heteroatoms. The molecule has 0 spiro atoms. The number of ether oxygens (including phenoxy) is 1. The van der Waals surface area contributed by atoms with Crippen LogP contribution >= 0.6 is 11.8 Å². The number of hydrogen-bond donors (Lipinski definition) is 1. The average Bonchev–Trinajstić information content (AvgIpc) is 2.76. The summed E-state index contributed by atoms with van der Waals surface area (Å²) >= 11 is 0.785. The van der Waals surface area contributed by atoms with Gasteiger partial charge in [0.05, 0.1) is 4.91 Å². The highest BCUT2D eigenvalue weighted by atomic mass is 32.2. The smallest absolute Gasteiger partial charge is 0.387 e. The fourth-order valence-electron chi connectivity index (χ4n) is 1.93. The summed E-state index contributed by atoms with van der Waals surface area (Å²) in [5.41, 5.74) is 0.573. The molecule has 6 nitrogen and oxygen atoms in total. The Morgan fingerprint density at radius 2 is 2.00 bits per heavy atom. The Labute approximate surface area is 140 Å². The van der Waals surface area contributed by atoms with Crippen LogP contribution in [0.15, 0.2) is 29.2 Å². The molecule has 0 atom stereocenters. The van der Waals surface area contributed by atoms with Crippen LogP contribution < -0.4 is 10.1 Å². The van der Waals surface area contributed by atoms with Crippen molar-refractivity contribution in [2.24, 2.45) is 0 Å². The lowest BCUT2D eigenvalue weighted by Crippen LogP contribution is -2.36. The number of alkyl halides is 2. The maximum atomic E-state index is 12.2. The zero-order chi connectivity index (χ0) is 17.7. The Morgan fingerprint density at radius 1 is 1.33 bits per heavy atom. The highest BCUT2D eigenvalue weighted by Crippen LogP contribution is 2.32.